The minimum atomic E-state index is -0.204. The van der Waals surface area contributed by atoms with Gasteiger partial charge in [0.1, 0.15) is 0 Å². The van der Waals surface area contributed by atoms with Gasteiger partial charge in [-0.3, -0.25) is 4.90 Å². The minimum absolute atomic E-state index is 0.204. The Morgan fingerprint density at radius 2 is 1.85 bits per heavy atom. The average Bonchev–Trinajstić information content (AvgIpc) is 2.31. The van der Waals surface area contributed by atoms with Crippen molar-refractivity contribution in [2.75, 3.05) is 13.1 Å². The second kappa shape index (κ2) is 4.40. The summed E-state index contributed by atoms with van der Waals surface area (Å²) in [5.41, 5.74) is 0. The van der Waals surface area contributed by atoms with Gasteiger partial charge < -0.3 is 10.4 Å². The molecule has 0 radical (unpaired) electrons. The summed E-state index contributed by atoms with van der Waals surface area (Å²) >= 11 is 0. The van der Waals surface area contributed by atoms with Crippen molar-refractivity contribution in [2.45, 2.75) is 51.9 Å². The van der Waals surface area contributed by atoms with Gasteiger partial charge in [-0.2, -0.15) is 0 Å². The highest BCUT2D eigenvalue weighted by Crippen LogP contribution is 2.13. The highest BCUT2D eigenvalue weighted by atomic mass is 16.3. The SMILES string of the molecule is CC(C)N[C@@H]1CN(C(C)C)C[C@@H]1O. The maximum absolute atomic E-state index is 9.75. The van der Waals surface area contributed by atoms with Gasteiger partial charge in [-0.15, -0.1) is 0 Å². The Kier molecular flexibility index (Phi) is 3.71. The van der Waals surface area contributed by atoms with Crippen molar-refractivity contribution < 1.29 is 5.11 Å². The van der Waals surface area contributed by atoms with Crippen LogP contribution in [0.1, 0.15) is 27.7 Å². The second-order valence-corrected chi connectivity index (χ2v) is 4.54. The number of likely N-dealkylation sites (tertiary alicyclic amines) is 1. The lowest BCUT2D eigenvalue weighted by atomic mass is 10.2. The lowest BCUT2D eigenvalue weighted by Gasteiger charge is -2.21. The Labute approximate surface area is 81.1 Å². The van der Waals surface area contributed by atoms with E-state index in [1.807, 2.05) is 0 Å². The number of nitrogens with one attached hydrogen (secondary N) is 1. The van der Waals surface area contributed by atoms with Crippen LogP contribution in [0.5, 0.6) is 0 Å². The molecule has 1 heterocycles. The molecule has 0 unspecified atom stereocenters. The maximum Gasteiger partial charge on any atom is 0.0832 e. The molecule has 0 bridgehead atoms. The topological polar surface area (TPSA) is 35.5 Å². The van der Waals surface area contributed by atoms with Crippen molar-refractivity contribution in [3.63, 3.8) is 0 Å². The summed E-state index contributed by atoms with van der Waals surface area (Å²) < 4.78 is 0. The van der Waals surface area contributed by atoms with Gasteiger partial charge in [-0.1, -0.05) is 13.8 Å². The van der Waals surface area contributed by atoms with Crippen LogP contribution in [0.2, 0.25) is 0 Å². The molecule has 78 valence electrons. The van der Waals surface area contributed by atoms with Gasteiger partial charge in [0.25, 0.3) is 0 Å². The van der Waals surface area contributed by atoms with Crippen LogP contribution in [0.25, 0.3) is 0 Å². The quantitative estimate of drug-likeness (QED) is 0.671. The Morgan fingerprint density at radius 1 is 1.23 bits per heavy atom. The summed E-state index contributed by atoms with van der Waals surface area (Å²) in [7, 11) is 0. The van der Waals surface area contributed by atoms with E-state index in [4.69, 9.17) is 0 Å². The molecule has 13 heavy (non-hydrogen) atoms. The number of aliphatic hydroxyl groups is 1. The number of nitrogens with zero attached hydrogens (tertiary/aromatic N) is 1. The van der Waals surface area contributed by atoms with Crippen molar-refractivity contribution in [1.82, 2.24) is 10.2 Å². The van der Waals surface area contributed by atoms with Gasteiger partial charge >= 0.3 is 0 Å². The Morgan fingerprint density at radius 3 is 2.23 bits per heavy atom. The minimum Gasteiger partial charge on any atom is -0.390 e. The lowest BCUT2D eigenvalue weighted by Crippen LogP contribution is -2.43. The van der Waals surface area contributed by atoms with Crippen LogP contribution in [0.4, 0.5) is 0 Å². The number of rotatable bonds is 3. The molecular formula is C10H22N2O. The highest BCUT2D eigenvalue weighted by Gasteiger charge is 2.32. The van der Waals surface area contributed by atoms with Gasteiger partial charge in [0, 0.05) is 31.2 Å². The molecule has 3 heteroatoms. The fourth-order valence-corrected chi connectivity index (χ4v) is 1.83. The first kappa shape index (κ1) is 11.0. The molecule has 1 rings (SSSR count). The summed E-state index contributed by atoms with van der Waals surface area (Å²) in [5, 5.41) is 13.1. The summed E-state index contributed by atoms with van der Waals surface area (Å²) in [5.74, 6) is 0. The van der Waals surface area contributed by atoms with Crippen LogP contribution in [0, 0.1) is 0 Å². The fourth-order valence-electron chi connectivity index (χ4n) is 1.83. The van der Waals surface area contributed by atoms with Gasteiger partial charge in [-0.25, -0.2) is 0 Å². The summed E-state index contributed by atoms with van der Waals surface area (Å²) in [6, 6.07) is 1.24. The van der Waals surface area contributed by atoms with Crippen molar-refractivity contribution >= 4 is 0 Å². The van der Waals surface area contributed by atoms with E-state index >= 15 is 0 Å². The highest BCUT2D eigenvalue weighted by molar-refractivity contribution is 4.90. The van der Waals surface area contributed by atoms with E-state index in [-0.39, 0.29) is 12.1 Å². The number of aliphatic hydroxyl groups excluding tert-OH is 1. The van der Waals surface area contributed by atoms with Gasteiger partial charge in [0.15, 0.2) is 0 Å². The van der Waals surface area contributed by atoms with E-state index in [1.165, 1.54) is 0 Å². The average molecular weight is 186 g/mol. The monoisotopic (exact) mass is 186 g/mol. The first-order valence-electron chi connectivity index (χ1n) is 5.19. The first-order chi connectivity index (χ1) is 6.00. The summed E-state index contributed by atoms with van der Waals surface area (Å²) in [6.45, 7) is 10.4. The van der Waals surface area contributed by atoms with Crippen molar-refractivity contribution in [3.8, 4) is 0 Å². The van der Waals surface area contributed by atoms with E-state index < -0.39 is 0 Å². The summed E-state index contributed by atoms with van der Waals surface area (Å²) in [6.07, 6.45) is -0.204. The largest absolute Gasteiger partial charge is 0.390 e. The normalized spacial score (nSPS) is 30.7. The van der Waals surface area contributed by atoms with Gasteiger partial charge in [0.2, 0.25) is 0 Å². The molecular weight excluding hydrogens is 164 g/mol. The Balaban J connectivity index is 2.42. The molecule has 2 atom stereocenters. The molecule has 1 aliphatic heterocycles. The molecule has 0 aliphatic carbocycles. The molecule has 0 saturated carbocycles. The smallest absolute Gasteiger partial charge is 0.0832 e. The van der Waals surface area contributed by atoms with Crippen molar-refractivity contribution in [1.29, 1.82) is 0 Å². The molecule has 1 saturated heterocycles. The zero-order chi connectivity index (χ0) is 10.0. The first-order valence-corrected chi connectivity index (χ1v) is 5.19. The van der Waals surface area contributed by atoms with Crippen LogP contribution >= 0.6 is 0 Å². The molecule has 1 aliphatic rings. The van der Waals surface area contributed by atoms with Crippen LogP contribution in [0.15, 0.2) is 0 Å². The Hall–Kier alpha value is -0.120. The maximum atomic E-state index is 9.75. The van der Waals surface area contributed by atoms with Crippen LogP contribution in [-0.2, 0) is 0 Å². The molecule has 0 aromatic heterocycles. The van der Waals surface area contributed by atoms with Crippen LogP contribution in [0.3, 0.4) is 0 Å². The molecule has 0 spiro atoms. The number of β-amino-alcohol motifs (C(OH)–C–C–N with tert-alkyl or cyclic N) is 1. The zero-order valence-corrected chi connectivity index (χ0v) is 9.12. The van der Waals surface area contributed by atoms with E-state index in [0.29, 0.717) is 12.1 Å². The predicted octanol–water partition coefficient (Wildman–Crippen LogP) is 0.438. The van der Waals surface area contributed by atoms with Crippen molar-refractivity contribution in [3.05, 3.63) is 0 Å². The molecule has 1 fully saturated rings. The van der Waals surface area contributed by atoms with Crippen molar-refractivity contribution in [2.24, 2.45) is 0 Å². The van der Waals surface area contributed by atoms with Gasteiger partial charge in [0.05, 0.1) is 6.10 Å². The number of hydrogen-bond donors (Lipinski definition) is 2. The molecule has 0 amide bonds. The van der Waals surface area contributed by atoms with E-state index in [9.17, 15) is 5.11 Å². The molecule has 3 nitrogen and oxygen atoms in total. The second-order valence-electron chi connectivity index (χ2n) is 4.54. The predicted molar refractivity (Wildman–Crippen MR) is 54.8 cm³/mol. The summed E-state index contributed by atoms with van der Waals surface area (Å²) in [4.78, 5) is 2.31. The third-order valence-corrected chi connectivity index (χ3v) is 2.59. The van der Waals surface area contributed by atoms with Gasteiger partial charge in [-0.05, 0) is 13.8 Å². The number of hydrogen-bond acceptors (Lipinski definition) is 3. The molecule has 0 aromatic rings. The Bertz CT molecular complexity index is 159. The van der Waals surface area contributed by atoms with E-state index in [2.05, 4.69) is 37.9 Å². The van der Waals surface area contributed by atoms with E-state index in [1.54, 1.807) is 0 Å². The standard InChI is InChI=1S/C10H22N2O/c1-7(2)11-9-5-12(8(3)4)6-10(9)13/h7-11,13H,5-6H2,1-4H3/t9-,10+/m1/s1. The zero-order valence-electron chi connectivity index (χ0n) is 9.12. The fraction of sp³-hybridized carbons (Fsp3) is 1.00. The third kappa shape index (κ3) is 2.93. The third-order valence-electron chi connectivity index (χ3n) is 2.59. The lowest BCUT2D eigenvalue weighted by molar-refractivity contribution is 0.146. The van der Waals surface area contributed by atoms with Crippen LogP contribution in [-0.4, -0.2) is 47.3 Å². The van der Waals surface area contributed by atoms with Crippen LogP contribution < -0.4 is 5.32 Å². The van der Waals surface area contributed by atoms with E-state index in [0.717, 1.165) is 13.1 Å². The molecule has 2 N–H and O–H groups in total. The molecule has 0 aromatic carbocycles.